The summed E-state index contributed by atoms with van der Waals surface area (Å²) in [7, 11) is -11.3. The average Bonchev–Trinajstić information content (AvgIpc) is 2.68. The van der Waals surface area contributed by atoms with E-state index in [1.165, 1.54) is 72.8 Å². The van der Waals surface area contributed by atoms with E-state index in [1.54, 1.807) is 18.2 Å². The van der Waals surface area contributed by atoms with Gasteiger partial charge in [0.2, 0.25) is 0 Å². The third-order valence-electron chi connectivity index (χ3n) is 3.91. The Morgan fingerprint density at radius 3 is 0.867 bits per heavy atom. The van der Waals surface area contributed by atoms with Gasteiger partial charge < -0.3 is 0 Å². The summed E-state index contributed by atoms with van der Waals surface area (Å²) in [6.45, 7) is -6.44. The van der Waals surface area contributed by atoms with Gasteiger partial charge in [0.15, 0.2) is 0 Å². The van der Waals surface area contributed by atoms with Gasteiger partial charge in [-0.3, -0.25) is 0 Å². The first-order valence-corrected chi connectivity index (χ1v) is 15.2. The molecule has 0 aromatic heterocycles. The number of benzene rings is 3. The quantitative estimate of drug-likeness (QED) is 0.268. The molecule has 0 saturated carbocycles. The van der Waals surface area contributed by atoms with Crippen LogP contribution in [0.2, 0.25) is 0 Å². The van der Waals surface area contributed by atoms with E-state index in [9.17, 15) is 29.4 Å². The molecule has 3 aromatic rings. The maximum absolute atomic E-state index is 10.6. The summed E-state index contributed by atoms with van der Waals surface area (Å²) >= 11 is 0. The molecule has 0 amide bonds. The molecule has 30 heavy (non-hydrogen) atoms. The first-order valence-electron chi connectivity index (χ1n) is 8.49. The SMILES string of the molecule is O[P+](O)(O)P(Oc1ccccc1)(Oc1ccccc1)(Oc1ccccc1)[P+](O)(O)O. The van der Waals surface area contributed by atoms with Crippen LogP contribution < -0.4 is 13.6 Å². The van der Waals surface area contributed by atoms with Crippen LogP contribution in [0.15, 0.2) is 91.0 Å². The summed E-state index contributed by atoms with van der Waals surface area (Å²) in [4.78, 5) is 63.3. The van der Waals surface area contributed by atoms with Gasteiger partial charge in [0.25, 0.3) is 0 Å². The molecule has 0 aliphatic rings. The molecular weight excluding hydrogens is 453 g/mol. The van der Waals surface area contributed by atoms with E-state index in [1.807, 2.05) is 0 Å². The number of para-hydroxylation sites is 3. The second-order valence-corrected chi connectivity index (χ2v) is 18.7. The van der Waals surface area contributed by atoms with Crippen LogP contribution in [-0.2, 0) is 0 Å². The fraction of sp³-hybridized carbons (Fsp3) is 0. The third kappa shape index (κ3) is 4.01. The van der Waals surface area contributed by atoms with Gasteiger partial charge in [-0.15, -0.1) is 0 Å². The molecule has 0 aliphatic heterocycles. The van der Waals surface area contributed by atoms with Crippen molar-refractivity contribution in [2.45, 2.75) is 0 Å². The zero-order valence-electron chi connectivity index (χ0n) is 15.4. The normalized spacial score (nSPS) is 13.7. The van der Waals surface area contributed by atoms with Crippen LogP contribution in [0.3, 0.4) is 0 Å². The van der Waals surface area contributed by atoms with Gasteiger partial charge in [-0.25, -0.2) is 0 Å². The Morgan fingerprint density at radius 1 is 0.433 bits per heavy atom. The molecule has 0 aliphatic carbocycles. The summed E-state index contributed by atoms with van der Waals surface area (Å²) in [6.07, 6.45) is 0. The van der Waals surface area contributed by atoms with E-state index in [4.69, 9.17) is 13.6 Å². The van der Waals surface area contributed by atoms with E-state index in [0.717, 1.165) is 0 Å². The minimum absolute atomic E-state index is 0.176. The van der Waals surface area contributed by atoms with E-state index in [0.29, 0.717) is 0 Å². The van der Waals surface area contributed by atoms with Crippen molar-refractivity contribution in [3.05, 3.63) is 91.0 Å². The fourth-order valence-electron chi connectivity index (χ4n) is 2.53. The van der Waals surface area contributed by atoms with Crippen LogP contribution >= 0.6 is 21.9 Å². The van der Waals surface area contributed by atoms with Gasteiger partial charge in [-0.05, 0) is 0 Å². The number of rotatable bonds is 8. The van der Waals surface area contributed by atoms with Crippen molar-refractivity contribution in [2.75, 3.05) is 0 Å². The van der Waals surface area contributed by atoms with Crippen LogP contribution in [0.4, 0.5) is 0 Å². The van der Waals surface area contributed by atoms with Crippen molar-refractivity contribution in [1.82, 2.24) is 0 Å². The first kappa shape index (κ1) is 22.8. The number of hydrogen-bond acceptors (Lipinski definition) is 9. The summed E-state index contributed by atoms with van der Waals surface area (Å²) < 4.78 is 16.8. The standard InChI is InChI=1S/C18H21O9P3/c19-28(20,21)30(29(22,23)24,25-16-10-4-1-5-11-16,26-17-12-6-2-7-13-17)27-18-14-8-3-9-15-18/h1-15,19-24H/q+2. The third-order valence-corrected chi connectivity index (χ3v) is 18.4. The maximum atomic E-state index is 10.6. The average molecular weight is 474 g/mol. The monoisotopic (exact) mass is 474 g/mol. The Balaban J connectivity index is 2.34. The van der Waals surface area contributed by atoms with Crippen molar-refractivity contribution >= 4 is 21.9 Å². The van der Waals surface area contributed by atoms with Gasteiger partial charge in [0.1, 0.15) is 0 Å². The second-order valence-electron chi connectivity index (χ2n) is 6.09. The molecule has 6 N–H and O–H groups in total. The first-order chi connectivity index (χ1) is 14.1. The molecule has 0 bridgehead atoms. The molecule has 9 nitrogen and oxygen atoms in total. The van der Waals surface area contributed by atoms with Crippen molar-refractivity contribution in [1.29, 1.82) is 0 Å². The molecule has 0 saturated heterocycles. The Bertz CT molecular complexity index is 839. The molecule has 12 heteroatoms. The fourth-order valence-corrected chi connectivity index (χ4v) is 12.6. The van der Waals surface area contributed by atoms with Gasteiger partial charge in [0.05, 0.1) is 0 Å². The summed E-state index contributed by atoms with van der Waals surface area (Å²) in [5.41, 5.74) is 0. The van der Waals surface area contributed by atoms with Crippen LogP contribution in [0.5, 0.6) is 17.2 Å². The minimum atomic E-state index is -6.44. The van der Waals surface area contributed by atoms with Crippen LogP contribution in [0.25, 0.3) is 0 Å². The predicted octanol–water partition coefficient (Wildman–Crippen LogP) is 3.83. The molecule has 0 heterocycles. The van der Waals surface area contributed by atoms with Gasteiger partial charge in [0, 0.05) is 0 Å². The van der Waals surface area contributed by atoms with E-state index >= 15 is 0 Å². The van der Waals surface area contributed by atoms with Gasteiger partial charge in [-0.1, -0.05) is 0 Å². The molecule has 160 valence electrons. The zero-order valence-corrected chi connectivity index (χ0v) is 18.1. The Labute approximate surface area is 173 Å². The van der Waals surface area contributed by atoms with Crippen LogP contribution in [0, 0.1) is 0 Å². The van der Waals surface area contributed by atoms with E-state index in [2.05, 4.69) is 0 Å². The molecular formula is C18H21O9P3+2. The molecule has 0 radical (unpaired) electrons. The Hall–Kier alpha value is -1.89. The Morgan fingerprint density at radius 2 is 0.667 bits per heavy atom. The van der Waals surface area contributed by atoms with Crippen molar-refractivity contribution < 1.29 is 42.9 Å². The summed E-state index contributed by atoms with van der Waals surface area (Å²) in [5.74, 6) is -0.528. The van der Waals surface area contributed by atoms with Gasteiger partial charge >= 0.3 is 173 Å². The number of hydrogen-bond donors (Lipinski definition) is 6. The molecule has 0 spiro atoms. The summed E-state index contributed by atoms with van der Waals surface area (Å²) in [5, 5.41) is 0. The molecule has 3 rings (SSSR count). The Kier molecular flexibility index (Phi) is 6.33. The van der Waals surface area contributed by atoms with Crippen LogP contribution in [-0.4, -0.2) is 29.4 Å². The van der Waals surface area contributed by atoms with Gasteiger partial charge in [-0.2, -0.15) is 0 Å². The van der Waals surface area contributed by atoms with E-state index < -0.39 is 21.9 Å². The molecule has 0 fully saturated rings. The topological polar surface area (TPSA) is 149 Å². The molecule has 3 aromatic carbocycles. The summed E-state index contributed by atoms with van der Waals surface area (Å²) in [6, 6.07) is 21.9. The molecule has 0 unspecified atom stereocenters. The van der Waals surface area contributed by atoms with Crippen molar-refractivity contribution in [3.8, 4) is 17.2 Å². The zero-order chi connectivity index (χ0) is 21.9. The van der Waals surface area contributed by atoms with Crippen molar-refractivity contribution in [2.24, 2.45) is 0 Å². The second kappa shape index (κ2) is 8.33. The predicted molar refractivity (Wildman–Crippen MR) is 115 cm³/mol. The van der Waals surface area contributed by atoms with Crippen LogP contribution in [0.1, 0.15) is 0 Å². The van der Waals surface area contributed by atoms with E-state index in [-0.39, 0.29) is 17.2 Å². The van der Waals surface area contributed by atoms with Crippen molar-refractivity contribution in [3.63, 3.8) is 0 Å². The molecule has 0 atom stereocenters.